The van der Waals surface area contributed by atoms with Crippen molar-refractivity contribution in [2.24, 2.45) is 15.0 Å². The first-order valence-electron chi connectivity index (χ1n) is 31.1. The van der Waals surface area contributed by atoms with Crippen LogP contribution in [0, 0.1) is 30.2 Å². The minimum Gasteiger partial charge on any atom is -0.478 e. The molecule has 3 aliphatic heterocycles. The van der Waals surface area contributed by atoms with E-state index in [-0.39, 0.29) is 52.0 Å². The smallest absolute Gasteiger partial charge is 0.354 e. The molecule has 17 heteroatoms. The normalized spacial score (nSPS) is 12.7. The van der Waals surface area contributed by atoms with Crippen LogP contribution in [0.15, 0.2) is 179 Å². The number of aromatic nitrogens is 4. The monoisotopic (exact) mass is 1270 g/mol. The summed E-state index contributed by atoms with van der Waals surface area (Å²) in [6, 6.07) is 44.8. The molecule has 0 unspecified atom stereocenters. The zero-order valence-corrected chi connectivity index (χ0v) is 52.9. The van der Waals surface area contributed by atoms with Gasteiger partial charge < -0.3 is 29.0 Å². The molecule has 8 aromatic carbocycles. The van der Waals surface area contributed by atoms with E-state index in [2.05, 4.69) is 81.1 Å². The summed E-state index contributed by atoms with van der Waals surface area (Å²) in [5.74, 6) is -4.33. The maximum atomic E-state index is 15.3. The molecule has 7 heterocycles. The summed E-state index contributed by atoms with van der Waals surface area (Å²) in [5.41, 5.74) is 20.8. The van der Waals surface area contributed by atoms with Gasteiger partial charge in [-0.05, 0) is 209 Å². The van der Waals surface area contributed by atoms with Crippen LogP contribution in [0.2, 0.25) is 0 Å². The summed E-state index contributed by atoms with van der Waals surface area (Å²) in [6.45, 7) is 16.2. The van der Waals surface area contributed by atoms with Gasteiger partial charge in [0.25, 0.3) is 0 Å². The number of hydrogen-bond acceptors (Lipinski definition) is 7. The van der Waals surface area contributed by atoms with E-state index >= 15 is 4.39 Å². The fourth-order valence-electron chi connectivity index (χ4n) is 13.4. The second-order valence-corrected chi connectivity index (χ2v) is 24.9. The van der Waals surface area contributed by atoms with Gasteiger partial charge in [-0.15, -0.1) is 0 Å². The van der Waals surface area contributed by atoms with Gasteiger partial charge in [-0.1, -0.05) is 59.7 Å². The van der Waals surface area contributed by atoms with Gasteiger partial charge in [0.05, 0.1) is 47.3 Å². The van der Waals surface area contributed by atoms with E-state index in [0.717, 1.165) is 123 Å². The van der Waals surface area contributed by atoms with Crippen LogP contribution in [-0.4, -0.2) is 70.6 Å². The first-order valence-corrected chi connectivity index (χ1v) is 31.1. The molecule has 0 amide bonds. The molecule has 474 valence electrons. The van der Waals surface area contributed by atoms with Gasteiger partial charge in [-0.2, -0.15) is 0 Å². The van der Waals surface area contributed by atoms with Crippen molar-refractivity contribution in [3.63, 3.8) is 0 Å². The molecule has 0 fully saturated rings. The summed E-state index contributed by atoms with van der Waals surface area (Å²) in [4.78, 5) is 51.6. The van der Waals surface area contributed by atoms with Gasteiger partial charge >= 0.3 is 17.9 Å². The Balaban J connectivity index is 0.000000129. The Morgan fingerprint density at radius 1 is 0.421 bits per heavy atom. The minimum absolute atomic E-state index is 0.00418. The third kappa shape index (κ3) is 11.5. The zero-order chi connectivity index (χ0) is 66.8. The van der Waals surface area contributed by atoms with Crippen LogP contribution in [0.1, 0.15) is 147 Å². The summed E-state index contributed by atoms with van der Waals surface area (Å²) >= 11 is 0. The van der Waals surface area contributed by atoms with Gasteiger partial charge in [-0.25, -0.2) is 36.9 Å². The van der Waals surface area contributed by atoms with E-state index in [0.29, 0.717) is 36.3 Å². The molecule has 4 aromatic heterocycles. The number of pyridine rings is 1. The number of rotatable bonds is 12. The number of benzene rings is 8. The highest BCUT2D eigenvalue weighted by Gasteiger charge is 2.29. The second-order valence-electron chi connectivity index (χ2n) is 24.9. The number of aromatic carboxylic acids is 3. The highest BCUT2D eigenvalue weighted by atomic mass is 19.1. The molecule has 0 radical (unpaired) electrons. The van der Waals surface area contributed by atoms with Crippen molar-refractivity contribution in [3.8, 4) is 50.4 Å². The SMILES string of the molecule is CC(C)c1c(-c2ccc(C(=O)O)cc2)c2cc3c(cc2n1-c1ccc(F)cc1)C=NC3.CC(C)c1c(-c2ccc(C(=O)O)cc2F)c2cc3c(cc2n1-c1ccc(F)cc1)C=NC3.Cc1cc(-c2c(C(C)C)n(-c3ccc(F)cc3)c3cc4c(cc23)CN=C4)cnc1C(=O)O. The first kappa shape index (κ1) is 62.5. The summed E-state index contributed by atoms with van der Waals surface area (Å²) in [5, 5.41) is 30.9. The maximum Gasteiger partial charge on any atom is 0.354 e. The Hall–Kier alpha value is -11.3. The van der Waals surface area contributed by atoms with Gasteiger partial charge in [0, 0.05) is 103 Å². The quantitative estimate of drug-likeness (QED) is 0.102. The van der Waals surface area contributed by atoms with E-state index in [4.69, 9.17) is 0 Å². The van der Waals surface area contributed by atoms with Crippen LogP contribution in [0.3, 0.4) is 0 Å². The van der Waals surface area contributed by atoms with E-state index in [1.807, 2.05) is 67.4 Å². The lowest BCUT2D eigenvalue weighted by Crippen LogP contribution is -2.05. The van der Waals surface area contributed by atoms with Crippen molar-refractivity contribution in [3.05, 3.63) is 260 Å². The highest BCUT2D eigenvalue weighted by Crippen LogP contribution is 2.46. The minimum atomic E-state index is -1.18. The first-order chi connectivity index (χ1) is 45.6. The topological polar surface area (TPSA) is 177 Å². The van der Waals surface area contributed by atoms with Gasteiger partial charge in [-0.3, -0.25) is 15.0 Å². The number of carbonyl (C=O) groups is 3. The number of aliphatic imine (C=N–C) groups is 3. The third-order valence-electron chi connectivity index (χ3n) is 17.6. The summed E-state index contributed by atoms with van der Waals surface area (Å²) in [7, 11) is 0. The van der Waals surface area contributed by atoms with Crippen LogP contribution in [-0.2, 0) is 19.6 Å². The van der Waals surface area contributed by atoms with E-state index in [1.54, 1.807) is 61.7 Å². The number of hydrogen-bond donors (Lipinski definition) is 3. The number of carboxylic acids is 3. The Morgan fingerprint density at radius 3 is 1.15 bits per heavy atom. The largest absolute Gasteiger partial charge is 0.478 e. The van der Waals surface area contributed by atoms with Gasteiger partial charge in [0.15, 0.2) is 5.69 Å². The lowest BCUT2D eigenvalue weighted by atomic mass is 9.94. The Morgan fingerprint density at radius 2 is 0.789 bits per heavy atom. The Kier molecular flexibility index (Phi) is 16.4. The predicted molar refractivity (Wildman–Crippen MR) is 366 cm³/mol. The molecule has 13 nitrogen and oxygen atoms in total. The average Bonchev–Trinajstić information content (AvgIpc) is 1.60. The van der Waals surface area contributed by atoms with E-state index in [9.17, 15) is 42.9 Å². The van der Waals surface area contributed by atoms with Crippen molar-refractivity contribution >= 4 is 69.3 Å². The fourth-order valence-corrected chi connectivity index (χ4v) is 13.4. The molecule has 15 rings (SSSR count). The number of aryl methyl sites for hydroxylation is 1. The summed E-state index contributed by atoms with van der Waals surface area (Å²) < 4.78 is 62.6. The number of halogens is 4. The predicted octanol–water partition coefficient (Wildman–Crippen LogP) is 18.4. The van der Waals surface area contributed by atoms with Crippen LogP contribution in [0.4, 0.5) is 17.6 Å². The zero-order valence-electron chi connectivity index (χ0n) is 52.9. The molecular weight excluding hydrogens is 1210 g/mol. The summed E-state index contributed by atoms with van der Waals surface area (Å²) in [6.07, 6.45) is 7.25. The van der Waals surface area contributed by atoms with Crippen molar-refractivity contribution in [1.82, 2.24) is 18.7 Å². The standard InChI is InChI=1S/C26H20F2N2O2.C26H22FN3O2.C26H21FN2O2/c1-14(2)25-24(20-8-3-15(26(31)32)10-22(20)28)21-9-16-12-29-13-17(16)11-23(21)30(25)19-6-4-18(27)5-7-19;1-14(2)25-23(18-8-15(3)24(26(31)32)29-13-18)21-9-16-11-28-12-17(16)10-22(21)30(25)20-6-4-19(27)5-7-20;1-15(2)25-24(16-3-5-17(6-4-16)26(30)31)22-11-18-13-28-14-19(18)12-23(22)29(25)21-9-7-20(27)8-10-21/h3-11,13-14H,12H2,1-2H3,(H,31,32);4-10,12-14H,11H2,1-3H3,(H,31,32);3-12,14-15H,13H2,1-2H3,(H,30,31). The third-order valence-corrected chi connectivity index (χ3v) is 17.6. The molecular formula is C78H63F4N7O6. The molecule has 0 saturated heterocycles. The fraction of sp³-hybridized carbons (Fsp3) is 0.167. The van der Waals surface area contributed by atoms with E-state index < -0.39 is 23.7 Å². The van der Waals surface area contributed by atoms with Crippen LogP contribution < -0.4 is 0 Å². The van der Waals surface area contributed by atoms with Crippen molar-refractivity contribution < 1.29 is 47.3 Å². The second kappa shape index (κ2) is 24.9. The lowest BCUT2D eigenvalue weighted by molar-refractivity contribution is 0.0681. The van der Waals surface area contributed by atoms with Crippen molar-refractivity contribution in [2.45, 2.75) is 85.9 Å². The van der Waals surface area contributed by atoms with Gasteiger partial charge in [0.1, 0.15) is 23.3 Å². The van der Waals surface area contributed by atoms with Crippen LogP contribution in [0.25, 0.3) is 83.2 Å². The molecule has 0 atom stereocenters. The molecule has 3 N–H and O–H groups in total. The Bertz CT molecular complexity index is 5210. The average molecular weight is 1270 g/mol. The molecule has 12 aromatic rings. The van der Waals surface area contributed by atoms with Crippen LogP contribution >= 0.6 is 0 Å². The lowest BCUT2D eigenvalue weighted by Gasteiger charge is -2.16. The van der Waals surface area contributed by atoms with Crippen LogP contribution in [0.5, 0.6) is 0 Å². The molecule has 3 aliphatic rings. The van der Waals surface area contributed by atoms with E-state index in [1.165, 1.54) is 54.1 Å². The van der Waals surface area contributed by atoms with Crippen molar-refractivity contribution in [2.75, 3.05) is 0 Å². The molecule has 95 heavy (non-hydrogen) atoms. The molecule has 0 aliphatic carbocycles. The molecule has 0 saturated carbocycles. The molecule has 0 spiro atoms. The number of nitrogens with zero attached hydrogens (tertiary/aromatic N) is 7. The van der Waals surface area contributed by atoms with Gasteiger partial charge in [0.2, 0.25) is 0 Å². The number of carboxylic acid groups (broad SMARTS) is 3. The highest BCUT2D eigenvalue weighted by molar-refractivity contribution is 6.07. The number of fused-ring (bicyclic) bond motifs is 6. The maximum absolute atomic E-state index is 15.3. The Labute approximate surface area is 544 Å². The van der Waals surface area contributed by atoms with Crippen molar-refractivity contribution in [1.29, 1.82) is 0 Å². The molecule has 0 bridgehead atoms.